The number of halogens is 1. The molecule has 0 heterocycles. The van der Waals surface area contributed by atoms with E-state index in [1.54, 1.807) is 0 Å². The van der Waals surface area contributed by atoms with E-state index in [2.05, 4.69) is 33.1 Å². The standard InChI is InChI=1S/C12H17BrN2/c1-7(2)12(14)15-11-8(3)5-10(13)6-9(11)4/h5-7H,1-4H3,(H2,14,15). The number of amidine groups is 1. The molecule has 1 aromatic carbocycles. The lowest BCUT2D eigenvalue weighted by atomic mass is 10.1. The first kappa shape index (κ1) is 12.2. The van der Waals surface area contributed by atoms with E-state index in [9.17, 15) is 0 Å². The Morgan fingerprint density at radius 2 is 1.73 bits per heavy atom. The topological polar surface area (TPSA) is 38.4 Å². The molecule has 82 valence electrons. The molecule has 0 radical (unpaired) electrons. The van der Waals surface area contributed by atoms with Crippen LogP contribution in [0.4, 0.5) is 5.69 Å². The molecule has 0 bridgehead atoms. The summed E-state index contributed by atoms with van der Waals surface area (Å²) in [5.74, 6) is 0.968. The van der Waals surface area contributed by atoms with Crippen molar-refractivity contribution in [3.8, 4) is 0 Å². The minimum Gasteiger partial charge on any atom is -0.387 e. The van der Waals surface area contributed by atoms with E-state index >= 15 is 0 Å². The molecule has 3 heteroatoms. The van der Waals surface area contributed by atoms with Gasteiger partial charge in [0.2, 0.25) is 0 Å². The molecule has 0 amide bonds. The van der Waals surface area contributed by atoms with Crippen molar-refractivity contribution in [1.29, 1.82) is 0 Å². The minimum atomic E-state index is 0.285. The fourth-order valence-corrected chi connectivity index (χ4v) is 2.02. The Bertz CT molecular complexity index is 372. The molecule has 0 atom stereocenters. The van der Waals surface area contributed by atoms with Gasteiger partial charge in [-0.15, -0.1) is 0 Å². The van der Waals surface area contributed by atoms with Gasteiger partial charge in [0.15, 0.2) is 0 Å². The fourth-order valence-electron chi connectivity index (χ4n) is 1.34. The fraction of sp³-hybridized carbons (Fsp3) is 0.417. The van der Waals surface area contributed by atoms with Gasteiger partial charge in [-0.1, -0.05) is 29.8 Å². The van der Waals surface area contributed by atoms with Crippen LogP contribution in [0.3, 0.4) is 0 Å². The van der Waals surface area contributed by atoms with Crippen molar-refractivity contribution in [2.45, 2.75) is 27.7 Å². The number of aryl methyl sites for hydroxylation is 2. The summed E-state index contributed by atoms with van der Waals surface area (Å²) in [5.41, 5.74) is 9.14. The third-order valence-electron chi connectivity index (χ3n) is 2.29. The van der Waals surface area contributed by atoms with E-state index < -0.39 is 0 Å². The van der Waals surface area contributed by atoms with E-state index in [-0.39, 0.29) is 5.92 Å². The maximum atomic E-state index is 5.86. The van der Waals surface area contributed by atoms with Crippen LogP contribution in [0.5, 0.6) is 0 Å². The van der Waals surface area contributed by atoms with E-state index in [0.717, 1.165) is 21.3 Å². The maximum Gasteiger partial charge on any atom is 0.102 e. The largest absolute Gasteiger partial charge is 0.387 e. The van der Waals surface area contributed by atoms with Gasteiger partial charge in [0.05, 0.1) is 5.69 Å². The zero-order valence-corrected chi connectivity index (χ0v) is 11.2. The Kier molecular flexibility index (Phi) is 3.91. The summed E-state index contributed by atoms with van der Waals surface area (Å²) in [6.07, 6.45) is 0. The van der Waals surface area contributed by atoms with Crippen LogP contribution in [0.2, 0.25) is 0 Å². The summed E-state index contributed by atoms with van der Waals surface area (Å²) in [6.45, 7) is 8.18. The first-order valence-electron chi connectivity index (χ1n) is 5.02. The van der Waals surface area contributed by atoms with Crippen LogP contribution in [-0.4, -0.2) is 5.84 Å². The van der Waals surface area contributed by atoms with E-state index in [0.29, 0.717) is 5.84 Å². The average Bonchev–Trinajstić information content (AvgIpc) is 2.10. The van der Waals surface area contributed by atoms with Crippen molar-refractivity contribution in [3.05, 3.63) is 27.7 Å². The van der Waals surface area contributed by atoms with Crippen molar-refractivity contribution in [1.82, 2.24) is 0 Å². The normalized spacial score (nSPS) is 12.3. The van der Waals surface area contributed by atoms with Gasteiger partial charge >= 0.3 is 0 Å². The van der Waals surface area contributed by atoms with Gasteiger partial charge < -0.3 is 5.73 Å². The quantitative estimate of drug-likeness (QED) is 0.645. The molecule has 0 saturated heterocycles. The van der Waals surface area contributed by atoms with Gasteiger partial charge in [-0.3, -0.25) is 0 Å². The van der Waals surface area contributed by atoms with Crippen LogP contribution in [-0.2, 0) is 0 Å². The Hall–Kier alpha value is -0.830. The molecule has 0 aromatic heterocycles. The number of hydrogen-bond acceptors (Lipinski definition) is 1. The third-order valence-corrected chi connectivity index (χ3v) is 2.75. The lowest BCUT2D eigenvalue weighted by Crippen LogP contribution is -2.18. The molecule has 0 unspecified atom stereocenters. The highest BCUT2D eigenvalue weighted by molar-refractivity contribution is 9.10. The van der Waals surface area contributed by atoms with Gasteiger partial charge in [0.1, 0.15) is 5.84 Å². The number of hydrogen-bond donors (Lipinski definition) is 1. The zero-order valence-electron chi connectivity index (χ0n) is 9.63. The highest BCUT2D eigenvalue weighted by Crippen LogP contribution is 2.27. The molecular weight excluding hydrogens is 252 g/mol. The Morgan fingerprint density at radius 1 is 1.27 bits per heavy atom. The lowest BCUT2D eigenvalue weighted by Gasteiger charge is -2.09. The monoisotopic (exact) mass is 268 g/mol. The molecule has 0 fully saturated rings. The number of benzene rings is 1. The second-order valence-electron chi connectivity index (χ2n) is 4.08. The second kappa shape index (κ2) is 4.79. The van der Waals surface area contributed by atoms with Crippen LogP contribution in [0, 0.1) is 19.8 Å². The molecule has 0 aliphatic rings. The van der Waals surface area contributed by atoms with Gasteiger partial charge in [-0.2, -0.15) is 0 Å². The molecule has 1 aromatic rings. The molecule has 0 saturated carbocycles. The van der Waals surface area contributed by atoms with Crippen LogP contribution < -0.4 is 5.73 Å². The first-order chi connectivity index (χ1) is 6.91. The van der Waals surface area contributed by atoms with Crippen LogP contribution in [0.15, 0.2) is 21.6 Å². The van der Waals surface area contributed by atoms with Crippen molar-refractivity contribution in [2.75, 3.05) is 0 Å². The number of nitrogens with zero attached hydrogens (tertiary/aromatic N) is 1. The highest BCUT2D eigenvalue weighted by Gasteiger charge is 2.05. The van der Waals surface area contributed by atoms with E-state index in [1.807, 2.05) is 27.7 Å². The predicted octanol–water partition coefficient (Wildman–Crippen LogP) is 3.71. The van der Waals surface area contributed by atoms with Crippen molar-refractivity contribution >= 4 is 27.5 Å². The lowest BCUT2D eigenvalue weighted by molar-refractivity contribution is 0.872. The molecule has 1 rings (SSSR count). The maximum absolute atomic E-state index is 5.86. The van der Waals surface area contributed by atoms with Gasteiger partial charge in [-0.05, 0) is 37.1 Å². The van der Waals surface area contributed by atoms with E-state index in [4.69, 9.17) is 5.73 Å². The van der Waals surface area contributed by atoms with Gasteiger partial charge in [0.25, 0.3) is 0 Å². The third kappa shape index (κ3) is 3.06. The predicted molar refractivity (Wildman–Crippen MR) is 69.7 cm³/mol. The zero-order chi connectivity index (χ0) is 11.6. The molecule has 2 nitrogen and oxygen atoms in total. The minimum absolute atomic E-state index is 0.285. The van der Waals surface area contributed by atoms with E-state index in [1.165, 1.54) is 0 Å². The van der Waals surface area contributed by atoms with Crippen LogP contribution >= 0.6 is 15.9 Å². The summed E-state index contributed by atoms with van der Waals surface area (Å²) < 4.78 is 1.08. The summed E-state index contributed by atoms with van der Waals surface area (Å²) >= 11 is 3.46. The first-order valence-corrected chi connectivity index (χ1v) is 5.82. The molecule has 2 N–H and O–H groups in total. The molecule has 15 heavy (non-hydrogen) atoms. The Balaban J connectivity index is 3.21. The van der Waals surface area contributed by atoms with Crippen molar-refractivity contribution in [2.24, 2.45) is 16.6 Å². The summed E-state index contributed by atoms with van der Waals surface area (Å²) in [4.78, 5) is 4.47. The Labute approximate surface area is 99.7 Å². The van der Waals surface area contributed by atoms with Gasteiger partial charge in [0, 0.05) is 10.4 Å². The van der Waals surface area contributed by atoms with Crippen molar-refractivity contribution < 1.29 is 0 Å². The summed E-state index contributed by atoms with van der Waals surface area (Å²) in [7, 11) is 0. The molecular formula is C12H17BrN2. The smallest absolute Gasteiger partial charge is 0.102 e. The van der Waals surface area contributed by atoms with Crippen LogP contribution in [0.25, 0.3) is 0 Å². The second-order valence-corrected chi connectivity index (χ2v) is 5.00. The van der Waals surface area contributed by atoms with Gasteiger partial charge in [-0.25, -0.2) is 4.99 Å². The SMILES string of the molecule is Cc1cc(Br)cc(C)c1N=C(N)C(C)C. The average molecular weight is 269 g/mol. The molecule has 0 spiro atoms. The summed E-state index contributed by atoms with van der Waals surface area (Å²) in [5, 5.41) is 0. The number of rotatable bonds is 2. The number of aliphatic imine (C=N–C) groups is 1. The summed E-state index contributed by atoms with van der Waals surface area (Å²) in [6, 6.07) is 4.11. The molecule has 0 aliphatic heterocycles. The molecule has 0 aliphatic carbocycles. The Morgan fingerprint density at radius 3 is 2.13 bits per heavy atom. The number of nitrogens with two attached hydrogens (primary N) is 1. The van der Waals surface area contributed by atoms with Crippen molar-refractivity contribution in [3.63, 3.8) is 0 Å². The van der Waals surface area contributed by atoms with Crippen LogP contribution in [0.1, 0.15) is 25.0 Å². The highest BCUT2D eigenvalue weighted by atomic mass is 79.9.